The molecule has 0 aromatic carbocycles. The predicted molar refractivity (Wildman–Crippen MR) is 70.1 cm³/mol. The SMILES string of the molecule is C[C@H](O)c1ccnc(N(C)C2CCCCC2)c1. The van der Waals surface area contributed by atoms with E-state index in [1.807, 2.05) is 12.1 Å². The molecular weight excluding hydrogens is 212 g/mol. The summed E-state index contributed by atoms with van der Waals surface area (Å²) < 4.78 is 0. The van der Waals surface area contributed by atoms with Crippen LogP contribution >= 0.6 is 0 Å². The fraction of sp³-hybridized carbons (Fsp3) is 0.643. The molecule has 0 spiro atoms. The summed E-state index contributed by atoms with van der Waals surface area (Å²) in [5.74, 6) is 0.982. The molecule has 17 heavy (non-hydrogen) atoms. The minimum atomic E-state index is -0.420. The molecule has 1 saturated carbocycles. The van der Waals surface area contributed by atoms with Gasteiger partial charge < -0.3 is 10.0 Å². The first-order chi connectivity index (χ1) is 8.18. The summed E-state index contributed by atoms with van der Waals surface area (Å²) >= 11 is 0. The van der Waals surface area contributed by atoms with Crippen molar-refractivity contribution in [2.75, 3.05) is 11.9 Å². The zero-order chi connectivity index (χ0) is 12.3. The van der Waals surface area contributed by atoms with Crippen molar-refractivity contribution in [1.29, 1.82) is 0 Å². The number of hydrogen-bond donors (Lipinski definition) is 1. The topological polar surface area (TPSA) is 36.4 Å². The number of hydrogen-bond acceptors (Lipinski definition) is 3. The molecule has 0 aliphatic heterocycles. The van der Waals surface area contributed by atoms with Crippen LogP contribution in [0.25, 0.3) is 0 Å². The molecule has 1 aliphatic carbocycles. The molecule has 0 bridgehead atoms. The van der Waals surface area contributed by atoms with Gasteiger partial charge in [0.15, 0.2) is 0 Å². The molecule has 3 heteroatoms. The van der Waals surface area contributed by atoms with Gasteiger partial charge >= 0.3 is 0 Å². The van der Waals surface area contributed by atoms with Crippen LogP contribution < -0.4 is 4.90 Å². The number of rotatable bonds is 3. The first-order valence-corrected chi connectivity index (χ1v) is 6.55. The maximum Gasteiger partial charge on any atom is 0.128 e. The van der Waals surface area contributed by atoms with E-state index in [9.17, 15) is 5.11 Å². The Hall–Kier alpha value is -1.09. The maximum absolute atomic E-state index is 9.59. The van der Waals surface area contributed by atoms with Crippen molar-refractivity contribution < 1.29 is 5.11 Å². The Balaban J connectivity index is 2.12. The highest BCUT2D eigenvalue weighted by atomic mass is 16.3. The van der Waals surface area contributed by atoms with Gasteiger partial charge in [-0.15, -0.1) is 0 Å². The van der Waals surface area contributed by atoms with Crippen molar-refractivity contribution in [2.45, 2.75) is 51.2 Å². The molecule has 94 valence electrons. The van der Waals surface area contributed by atoms with Crippen LogP contribution in [0.4, 0.5) is 5.82 Å². The largest absolute Gasteiger partial charge is 0.389 e. The fourth-order valence-electron chi connectivity index (χ4n) is 2.54. The highest BCUT2D eigenvalue weighted by Gasteiger charge is 2.19. The Morgan fingerprint density at radius 1 is 1.35 bits per heavy atom. The smallest absolute Gasteiger partial charge is 0.128 e. The molecule has 0 amide bonds. The highest BCUT2D eigenvalue weighted by molar-refractivity contribution is 5.41. The Morgan fingerprint density at radius 3 is 2.71 bits per heavy atom. The summed E-state index contributed by atoms with van der Waals surface area (Å²) in [6.45, 7) is 1.79. The third kappa shape index (κ3) is 2.97. The standard InChI is InChI=1S/C14H22N2O/c1-11(17)12-8-9-15-14(10-12)16(2)13-6-4-3-5-7-13/h8-11,13,17H,3-7H2,1-2H3/t11-/m0/s1. The number of aliphatic hydroxyl groups excluding tert-OH is 1. The summed E-state index contributed by atoms with van der Waals surface area (Å²) in [5, 5.41) is 9.59. The number of aliphatic hydroxyl groups is 1. The lowest BCUT2D eigenvalue weighted by Crippen LogP contribution is -2.33. The Kier molecular flexibility index (Phi) is 4.00. The van der Waals surface area contributed by atoms with Gasteiger partial charge in [-0.1, -0.05) is 19.3 Å². The van der Waals surface area contributed by atoms with Crippen molar-refractivity contribution in [3.05, 3.63) is 23.9 Å². The molecule has 2 rings (SSSR count). The van der Waals surface area contributed by atoms with Crippen molar-refractivity contribution in [2.24, 2.45) is 0 Å². The molecule has 3 nitrogen and oxygen atoms in total. The van der Waals surface area contributed by atoms with Gasteiger partial charge in [0.1, 0.15) is 5.82 Å². The van der Waals surface area contributed by atoms with E-state index in [0.717, 1.165) is 11.4 Å². The van der Waals surface area contributed by atoms with Gasteiger partial charge in [0.2, 0.25) is 0 Å². The van der Waals surface area contributed by atoms with E-state index in [2.05, 4.69) is 16.9 Å². The predicted octanol–water partition coefficient (Wildman–Crippen LogP) is 2.90. The van der Waals surface area contributed by atoms with E-state index in [0.29, 0.717) is 6.04 Å². The Morgan fingerprint density at radius 2 is 2.06 bits per heavy atom. The number of pyridine rings is 1. The average Bonchev–Trinajstić information content (AvgIpc) is 2.39. The molecule has 0 unspecified atom stereocenters. The molecule has 1 fully saturated rings. The molecule has 0 saturated heterocycles. The minimum absolute atomic E-state index is 0.420. The van der Waals surface area contributed by atoms with Gasteiger partial charge in [-0.05, 0) is 37.5 Å². The first-order valence-electron chi connectivity index (χ1n) is 6.55. The summed E-state index contributed by atoms with van der Waals surface area (Å²) in [5.41, 5.74) is 0.942. The fourth-order valence-corrected chi connectivity index (χ4v) is 2.54. The molecule has 1 aromatic rings. The quantitative estimate of drug-likeness (QED) is 0.873. The zero-order valence-corrected chi connectivity index (χ0v) is 10.8. The minimum Gasteiger partial charge on any atom is -0.389 e. The number of anilines is 1. The van der Waals surface area contributed by atoms with Crippen LogP contribution in [0.5, 0.6) is 0 Å². The van der Waals surface area contributed by atoms with Gasteiger partial charge in [0.25, 0.3) is 0 Å². The van der Waals surface area contributed by atoms with Gasteiger partial charge in [0.05, 0.1) is 6.10 Å². The Labute approximate surface area is 103 Å². The molecule has 0 radical (unpaired) electrons. The van der Waals surface area contributed by atoms with E-state index >= 15 is 0 Å². The lowest BCUT2D eigenvalue weighted by molar-refractivity contribution is 0.199. The zero-order valence-electron chi connectivity index (χ0n) is 10.8. The second-order valence-electron chi connectivity index (χ2n) is 5.03. The number of aromatic nitrogens is 1. The summed E-state index contributed by atoms with van der Waals surface area (Å²) in [6.07, 6.45) is 7.91. The van der Waals surface area contributed by atoms with Crippen LogP contribution in [0.3, 0.4) is 0 Å². The molecule has 1 aliphatic rings. The summed E-state index contributed by atoms with van der Waals surface area (Å²) in [7, 11) is 2.12. The van der Waals surface area contributed by atoms with Crippen molar-refractivity contribution >= 4 is 5.82 Å². The molecule has 1 heterocycles. The monoisotopic (exact) mass is 234 g/mol. The normalized spacial score (nSPS) is 19.0. The first kappa shape index (κ1) is 12.4. The highest BCUT2D eigenvalue weighted by Crippen LogP contribution is 2.26. The summed E-state index contributed by atoms with van der Waals surface area (Å²) in [6, 6.07) is 4.49. The third-order valence-electron chi connectivity index (χ3n) is 3.74. The average molecular weight is 234 g/mol. The van der Waals surface area contributed by atoms with E-state index in [1.54, 1.807) is 13.1 Å². The van der Waals surface area contributed by atoms with Crippen LogP contribution in [0, 0.1) is 0 Å². The van der Waals surface area contributed by atoms with E-state index < -0.39 is 6.10 Å². The second-order valence-corrected chi connectivity index (χ2v) is 5.03. The Bertz CT molecular complexity index is 359. The van der Waals surface area contributed by atoms with Crippen LogP contribution in [0.2, 0.25) is 0 Å². The molecule has 1 N–H and O–H groups in total. The molecular formula is C14H22N2O. The van der Waals surface area contributed by atoms with Gasteiger partial charge in [-0.3, -0.25) is 0 Å². The van der Waals surface area contributed by atoms with Crippen LogP contribution in [-0.4, -0.2) is 23.2 Å². The molecule has 1 aromatic heterocycles. The maximum atomic E-state index is 9.59. The van der Waals surface area contributed by atoms with Crippen molar-refractivity contribution in [1.82, 2.24) is 4.98 Å². The lowest BCUT2D eigenvalue weighted by Gasteiger charge is -2.32. The summed E-state index contributed by atoms with van der Waals surface area (Å²) in [4.78, 5) is 6.68. The third-order valence-corrected chi connectivity index (χ3v) is 3.74. The van der Waals surface area contributed by atoms with Crippen LogP contribution in [-0.2, 0) is 0 Å². The van der Waals surface area contributed by atoms with E-state index in [1.165, 1.54) is 32.1 Å². The van der Waals surface area contributed by atoms with Crippen molar-refractivity contribution in [3.63, 3.8) is 0 Å². The van der Waals surface area contributed by atoms with E-state index in [4.69, 9.17) is 0 Å². The lowest BCUT2D eigenvalue weighted by atomic mass is 9.94. The van der Waals surface area contributed by atoms with Crippen molar-refractivity contribution in [3.8, 4) is 0 Å². The van der Waals surface area contributed by atoms with Crippen LogP contribution in [0.15, 0.2) is 18.3 Å². The van der Waals surface area contributed by atoms with E-state index in [-0.39, 0.29) is 0 Å². The second kappa shape index (κ2) is 5.50. The number of nitrogens with zero attached hydrogens (tertiary/aromatic N) is 2. The van der Waals surface area contributed by atoms with Gasteiger partial charge in [-0.2, -0.15) is 0 Å². The van der Waals surface area contributed by atoms with Crippen LogP contribution in [0.1, 0.15) is 50.7 Å². The van der Waals surface area contributed by atoms with Gasteiger partial charge in [-0.25, -0.2) is 4.98 Å². The molecule has 1 atom stereocenters. The van der Waals surface area contributed by atoms with Gasteiger partial charge in [0, 0.05) is 19.3 Å².